The summed E-state index contributed by atoms with van der Waals surface area (Å²) >= 11 is 0. The predicted octanol–water partition coefficient (Wildman–Crippen LogP) is 1.52. The van der Waals surface area contributed by atoms with E-state index in [4.69, 9.17) is 4.74 Å². The average Bonchev–Trinajstić information content (AvgIpc) is 2.44. The number of aliphatic imine (C=N–C) groups is 1. The van der Waals surface area contributed by atoms with Crippen LogP contribution in [0.25, 0.3) is 0 Å². The molecule has 5 nitrogen and oxygen atoms in total. The zero-order valence-corrected chi connectivity index (χ0v) is 13.2. The predicted molar refractivity (Wildman–Crippen MR) is 83.1 cm³/mol. The highest BCUT2D eigenvalue weighted by atomic mass is 16.5. The Morgan fingerprint density at radius 1 is 1.35 bits per heavy atom. The van der Waals surface area contributed by atoms with E-state index in [0.29, 0.717) is 6.54 Å². The first-order valence-electron chi connectivity index (χ1n) is 6.88. The van der Waals surface area contributed by atoms with Crippen molar-refractivity contribution in [3.8, 4) is 0 Å². The van der Waals surface area contributed by atoms with Crippen molar-refractivity contribution in [2.45, 2.75) is 32.8 Å². The van der Waals surface area contributed by atoms with Crippen molar-refractivity contribution in [1.29, 1.82) is 0 Å². The number of ether oxygens (including phenoxy) is 1. The van der Waals surface area contributed by atoms with E-state index in [2.05, 4.69) is 26.7 Å². The van der Waals surface area contributed by atoms with Gasteiger partial charge >= 0.3 is 0 Å². The Labute approximate surface area is 121 Å². The molecule has 0 saturated carbocycles. The third kappa shape index (κ3) is 6.02. The fourth-order valence-electron chi connectivity index (χ4n) is 1.56. The van der Waals surface area contributed by atoms with E-state index >= 15 is 0 Å². The number of nitrogens with zero attached hydrogens (tertiary/aromatic N) is 2. The lowest BCUT2D eigenvalue weighted by Crippen LogP contribution is -2.45. The minimum absolute atomic E-state index is 0.210. The third-order valence-electron chi connectivity index (χ3n) is 3.14. The lowest BCUT2D eigenvalue weighted by atomic mass is 10.1. The maximum absolute atomic E-state index is 5.36. The van der Waals surface area contributed by atoms with E-state index in [1.54, 1.807) is 14.2 Å². The van der Waals surface area contributed by atoms with Gasteiger partial charge in [0.1, 0.15) is 0 Å². The van der Waals surface area contributed by atoms with Crippen LogP contribution in [0.15, 0.2) is 23.3 Å². The van der Waals surface area contributed by atoms with Gasteiger partial charge in [-0.15, -0.1) is 0 Å². The highest BCUT2D eigenvalue weighted by Gasteiger charge is 2.16. The van der Waals surface area contributed by atoms with Crippen LogP contribution in [0, 0.1) is 6.92 Å². The molecule has 0 aromatic carbocycles. The van der Waals surface area contributed by atoms with Crippen molar-refractivity contribution in [3.63, 3.8) is 0 Å². The van der Waals surface area contributed by atoms with Gasteiger partial charge in [0.2, 0.25) is 0 Å². The lowest BCUT2D eigenvalue weighted by Gasteiger charge is -2.24. The molecule has 1 aromatic heterocycles. The van der Waals surface area contributed by atoms with E-state index in [-0.39, 0.29) is 5.60 Å². The zero-order valence-electron chi connectivity index (χ0n) is 13.2. The molecule has 0 bridgehead atoms. The molecule has 0 aliphatic carbocycles. The maximum Gasteiger partial charge on any atom is 0.191 e. The van der Waals surface area contributed by atoms with Crippen LogP contribution in [0.1, 0.15) is 25.1 Å². The molecular formula is C15H26N4O. The summed E-state index contributed by atoms with van der Waals surface area (Å²) in [5.41, 5.74) is 2.05. The van der Waals surface area contributed by atoms with Crippen LogP contribution < -0.4 is 10.6 Å². The Morgan fingerprint density at radius 3 is 2.65 bits per heavy atom. The van der Waals surface area contributed by atoms with Crippen LogP contribution in [0.2, 0.25) is 0 Å². The third-order valence-corrected chi connectivity index (χ3v) is 3.14. The molecule has 2 N–H and O–H groups in total. The number of pyridine rings is 1. The summed E-state index contributed by atoms with van der Waals surface area (Å²) in [6.45, 7) is 7.58. The largest absolute Gasteiger partial charge is 0.377 e. The van der Waals surface area contributed by atoms with Crippen LogP contribution >= 0.6 is 0 Å². The highest BCUT2D eigenvalue weighted by molar-refractivity contribution is 5.79. The Kier molecular flexibility index (Phi) is 6.45. The van der Waals surface area contributed by atoms with Crippen molar-refractivity contribution < 1.29 is 4.74 Å². The molecule has 112 valence electrons. The number of nitrogens with one attached hydrogen (secondary N) is 2. The second-order valence-electron chi connectivity index (χ2n) is 5.37. The summed E-state index contributed by atoms with van der Waals surface area (Å²) in [4.78, 5) is 8.48. The van der Waals surface area contributed by atoms with Gasteiger partial charge < -0.3 is 15.4 Å². The van der Waals surface area contributed by atoms with Crippen molar-refractivity contribution in [2.75, 3.05) is 27.2 Å². The SMILES string of the molecule is CN=C(NCCc1ccc(C)nc1)NCC(C)(C)OC. The number of rotatable bonds is 6. The lowest BCUT2D eigenvalue weighted by molar-refractivity contribution is 0.0268. The summed E-state index contributed by atoms with van der Waals surface area (Å²) in [6.07, 6.45) is 2.84. The molecule has 0 spiro atoms. The van der Waals surface area contributed by atoms with Crippen LogP contribution in [-0.2, 0) is 11.2 Å². The molecule has 0 aliphatic heterocycles. The van der Waals surface area contributed by atoms with Crippen LogP contribution in [0.4, 0.5) is 0 Å². The van der Waals surface area contributed by atoms with Crippen molar-refractivity contribution >= 4 is 5.96 Å². The molecular weight excluding hydrogens is 252 g/mol. The van der Waals surface area contributed by atoms with Crippen molar-refractivity contribution in [3.05, 3.63) is 29.6 Å². The molecule has 0 unspecified atom stereocenters. The van der Waals surface area contributed by atoms with E-state index in [1.165, 1.54) is 5.56 Å². The van der Waals surface area contributed by atoms with Gasteiger partial charge in [-0.1, -0.05) is 6.07 Å². The van der Waals surface area contributed by atoms with E-state index in [9.17, 15) is 0 Å². The monoisotopic (exact) mass is 278 g/mol. The topological polar surface area (TPSA) is 58.5 Å². The molecule has 0 amide bonds. The van der Waals surface area contributed by atoms with Crippen LogP contribution in [0.3, 0.4) is 0 Å². The first kappa shape index (κ1) is 16.4. The van der Waals surface area contributed by atoms with E-state index < -0.39 is 0 Å². The summed E-state index contributed by atoms with van der Waals surface area (Å²) in [5.74, 6) is 0.787. The van der Waals surface area contributed by atoms with Gasteiger partial charge in [-0.2, -0.15) is 0 Å². The van der Waals surface area contributed by atoms with Crippen LogP contribution in [-0.4, -0.2) is 43.8 Å². The molecule has 1 aromatic rings. The molecule has 1 rings (SSSR count). The van der Waals surface area contributed by atoms with Gasteiger partial charge in [-0.05, 0) is 38.8 Å². The zero-order chi connectivity index (χ0) is 15.0. The number of hydrogen-bond donors (Lipinski definition) is 2. The summed E-state index contributed by atoms with van der Waals surface area (Å²) in [7, 11) is 3.48. The average molecular weight is 278 g/mol. The molecule has 0 atom stereocenters. The molecule has 0 saturated heterocycles. The second-order valence-corrected chi connectivity index (χ2v) is 5.37. The van der Waals surface area contributed by atoms with Gasteiger partial charge in [-0.25, -0.2) is 0 Å². The highest BCUT2D eigenvalue weighted by Crippen LogP contribution is 2.04. The quantitative estimate of drug-likeness (QED) is 0.612. The fraction of sp³-hybridized carbons (Fsp3) is 0.600. The van der Waals surface area contributed by atoms with Gasteiger partial charge in [0.25, 0.3) is 0 Å². The van der Waals surface area contributed by atoms with Crippen LogP contribution in [0.5, 0.6) is 0 Å². The maximum atomic E-state index is 5.36. The van der Waals surface area contributed by atoms with Gasteiger partial charge in [0, 0.05) is 39.1 Å². The molecule has 20 heavy (non-hydrogen) atoms. The minimum Gasteiger partial charge on any atom is -0.377 e. The molecule has 0 aliphatic rings. The van der Waals surface area contributed by atoms with Crippen molar-refractivity contribution in [2.24, 2.45) is 4.99 Å². The molecule has 0 radical (unpaired) electrons. The Hall–Kier alpha value is -1.62. The van der Waals surface area contributed by atoms with E-state index in [1.807, 2.05) is 33.0 Å². The smallest absolute Gasteiger partial charge is 0.191 e. The van der Waals surface area contributed by atoms with Crippen molar-refractivity contribution in [1.82, 2.24) is 15.6 Å². The first-order chi connectivity index (χ1) is 9.46. The Morgan fingerprint density at radius 2 is 2.10 bits per heavy atom. The molecule has 5 heteroatoms. The first-order valence-corrected chi connectivity index (χ1v) is 6.88. The second kappa shape index (κ2) is 7.85. The summed E-state index contributed by atoms with van der Waals surface area (Å²) in [6, 6.07) is 4.14. The Balaban J connectivity index is 2.33. The number of methoxy groups -OCH3 is 1. The number of aromatic nitrogens is 1. The summed E-state index contributed by atoms with van der Waals surface area (Å²) < 4.78 is 5.36. The number of aryl methyl sites for hydroxylation is 1. The number of hydrogen-bond acceptors (Lipinski definition) is 3. The minimum atomic E-state index is -0.210. The fourth-order valence-corrected chi connectivity index (χ4v) is 1.56. The van der Waals surface area contributed by atoms with E-state index in [0.717, 1.165) is 24.6 Å². The van der Waals surface area contributed by atoms with Gasteiger partial charge in [-0.3, -0.25) is 9.98 Å². The molecule has 0 fully saturated rings. The van der Waals surface area contributed by atoms with Gasteiger partial charge in [0.15, 0.2) is 5.96 Å². The number of guanidine groups is 1. The summed E-state index contributed by atoms with van der Waals surface area (Å²) in [5, 5.41) is 6.54. The normalized spacial score (nSPS) is 12.3. The standard InChI is InChI=1S/C15H26N4O/c1-12-6-7-13(10-18-12)8-9-17-14(16-4)19-11-15(2,3)20-5/h6-7,10H,8-9,11H2,1-5H3,(H2,16,17,19). The van der Waals surface area contributed by atoms with Gasteiger partial charge in [0.05, 0.1) is 5.60 Å². The Bertz CT molecular complexity index is 426. The molecule has 1 heterocycles.